The zero-order valence-electron chi connectivity index (χ0n) is 27.5. The minimum Gasteiger partial charge on any atom is -0.494 e. The van der Waals surface area contributed by atoms with Gasteiger partial charge in [-0.1, -0.05) is 24.3 Å². The molecule has 256 valence electrons. The van der Waals surface area contributed by atoms with Gasteiger partial charge in [-0.15, -0.1) is 0 Å². The van der Waals surface area contributed by atoms with Gasteiger partial charge in [-0.05, 0) is 87.8 Å². The van der Waals surface area contributed by atoms with E-state index in [0.29, 0.717) is 38.3 Å². The summed E-state index contributed by atoms with van der Waals surface area (Å²) in [4.78, 5) is 14.9. The number of rotatable bonds is 14. The van der Waals surface area contributed by atoms with E-state index in [9.17, 15) is 18.0 Å². The molecule has 0 aliphatic carbocycles. The SMILES string of the molecule is COCCCC(O[C@H]1CN(C(=O)OC(C)(C)C)CC[C@@H]1c1ccc(OCCCOCC(F)(F)F)cc1)c1ccc2c(c1)NCCC2. The number of nitrogens with zero attached hydrogens (tertiary/aromatic N) is 1. The fourth-order valence-corrected chi connectivity index (χ4v) is 5.89. The Labute approximate surface area is 270 Å². The normalized spacial score (nSPS) is 19.2. The predicted molar refractivity (Wildman–Crippen MR) is 171 cm³/mol. The number of aryl methyl sites for hydroxylation is 1. The molecule has 0 spiro atoms. The van der Waals surface area contributed by atoms with Gasteiger partial charge in [0, 0.05) is 44.8 Å². The summed E-state index contributed by atoms with van der Waals surface area (Å²) >= 11 is 0. The van der Waals surface area contributed by atoms with Crippen LogP contribution in [0.3, 0.4) is 0 Å². The highest BCUT2D eigenvalue weighted by atomic mass is 19.4. The number of hydrogen-bond acceptors (Lipinski definition) is 7. The van der Waals surface area contributed by atoms with Crippen molar-refractivity contribution in [1.82, 2.24) is 4.90 Å². The van der Waals surface area contributed by atoms with Gasteiger partial charge in [0.1, 0.15) is 18.0 Å². The monoisotopic (exact) mass is 650 g/mol. The first-order chi connectivity index (χ1) is 21.9. The van der Waals surface area contributed by atoms with Crippen LogP contribution in [-0.4, -0.2) is 82.0 Å². The van der Waals surface area contributed by atoms with E-state index in [0.717, 1.165) is 49.0 Å². The number of anilines is 1. The smallest absolute Gasteiger partial charge is 0.411 e. The molecule has 1 N–H and O–H groups in total. The standard InChI is InChI=1S/C35H49F3N2O6/c1-34(2,3)46-33(41)40-18-16-29(25-12-14-28(15-13-25)44-21-7-20-43-24-35(36,37)38)32(23-40)45-31(9-6-19-42-4)27-11-10-26-8-5-17-39-30(26)22-27/h10-15,22,29,31-32,39H,5-9,16-21,23-24H2,1-4H3/t29-,31?,32+/m1/s1. The Balaban J connectivity index is 1.49. The van der Waals surface area contributed by atoms with Gasteiger partial charge >= 0.3 is 12.3 Å². The average molecular weight is 651 g/mol. The number of hydrogen-bond donors (Lipinski definition) is 1. The number of carbonyl (C=O) groups is 1. The van der Waals surface area contributed by atoms with Crippen molar-refractivity contribution in [3.8, 4) is 5.75 Å². The summed E-state index contributed by atoms with van der Waals surface area (Å²) in [5.41, 5.74) is 4.03. The number of fused-ring (bicyclic) bond motifs is 1. The van der Waals surface area contributed by atoms with Gasteiger partial charge in [-0.25, -0.2) is 4.79 Å². The van der Waals surface area contributed by atoms with E-state index in [1.165, 1.54) is 5.56 Å². The minimum atomic E-state index is -4.33. The molecule has 1 unspecified atom stereocenters. The van der Waals surface area contributed by atoms with Gasteiger partial charge in [0.15, 0.2) is 0 Å². The first kappa shape index (κ1) is 35.8. The van der Waals surface area contributed by atoms with E-state index >= 15 is 0 Å². The molecule has 0 bridgehead atoms. The zero-order valence-corrected chi connectivity index (χ0v) is 27.5. The highest BCUT2D eigenvalue weighted by Gasteiger charge is 2.37. The Morgan fingerprint density at radius 1 is 1.04 bits per heavy atom. The summed E-state index contributed by atoms with van der Waals surface area (Å²) in [6, 6.07) is 14.3. The molecule has 0 saturated carbocycles. The first-order valence-electron chi connectivity index (χ1n) is 16.3. The van der Waals surface area contributed by atoms with Crippen LogP contribution >= 0.6 is 0 Å². The summed E-state index contributed by atoms with van der Waals surface area (Å²) in [7, 11) is 1.70. The number of nitrogens with one attached hydrogen (secondary N) is 1. The van der Waals surface area contributed by atoms with Crippen molar-refractivity contribution >= 4 is 11.8 Å². The fraction of sp³-hybridized carbons (Fsp3) is 0.629. The number of benzene rings is 2. The highest BCUT2D eigenvalue weighted by Crippen LogP contribution is 2.37. The molecule has 11 heteroatoms. The quantitative estimate of drug-likeness (QED) is 0.210. The van der Waals surface area contributed by atoms with Crippen molar-refractivity contribution < 1.29 is 41.7 Å². The largest absolute Gasteiger partial charge is 0.494 e. The number of amides is 1. The molecule has 1 fully saturated rings. The number of likely N-dealkylation sites (tertiary alicyclic amines) is 1. The van der Waals surface area contributed by atoms with Crippen LogP contribution in [-0.2, 0) is 25.4 Å². The third-order valence-corrected chi connectivity index (χ3v) is 8.08. The molecule has 0 aromatic heterocycles. The molecule has 46 heavy (non-hydrogen) atoms. The van der Waals surface area contributed by atoms with Crippen LogP contribution in [0.25, 0.3) is 0 Å². The summed E-state index contributed by atoms with van der Waals surface area (Å²) in [6.07, 6.45) is -0.374. The van der Waals surface area contributed by atoms with E-state index in [2.05, 4.69) is 28.3 Å². The molecule has 2 aliphatic rings. The van der Waals surface area contributed by atoms with Gasteiger partial charge in [0.25, 0.3) is 0 Å². The molecule has 8 nitrogen and oxygen atoms in total. The Bertz CT molecular complexity index is 1230. The van der Waals surface area contributed by atoms with Crippen LogP contribution in [0, 0.1) is 0 Å². The van der Waals surface area contributed by atoms with Gasteiger partial charge in [0.2, 0.25) is 0 Å². The van der Waals surface area contributed by atoms with Crippen molar-refractivity contribution in [2.75, 3.05) is 58.5 Å². The van der Waals surface area contributed by atoms with Gasteiger partial charge in [-0.2, -0.15) is 13.2 Å². The maximum Gasteiger partial charge on any atom is 0.411 e. The van der Waals surface area contributed by atoms with Crippen molar-refractivity contribution in [3.05, 3.63) is 59.2 Å². The number of carbonyl (C=O) groups excluding carboxylic acids is 1. The third kappa shape index (κ3) is 11.3. The molecule has 1 amide bonds. The fourth-order valence-electron chi connectivity index (χ4n) is 5.89. The van der Waals surface area contributed by atoms with Crippen LogP contribution in [0.15, 0.2) is 42.5 Å². The average Bonchev–Trinajstić information content (AvgIpc) is 3.01. The Hall–Kier alpha value is -3.02. The van der Waals surface area contributed by atoms with Crippen molar-refractivity contribution in [3.63, 3.8) is 0 Å². The Kier molecular flexibility index (Phi) is 13.0. The second kappa shape index (κ2) is 16.7. The number of ether oxygens (including phenoxy) is 5. The van der Waals surface area contributed by atoms with Crippen LogP contribution in [0.1, 0.15) is 81.6 Å². The summed E-state index contributed by atoms with van der Waals surface area (Å²) in [5, 5.41) is 3.53. The molecule has 2 aliphatic heterocycles. The predicted octanol–water partition coefficient (Wildman–Crippen LogP) is 7.67. The lowest BCUT2D eigenvalue weighted by molar-refractivity contribution is -0.174. The first-order valence-corrected chi connectivity index (χ1v) is 16.3. The van der Waals surface area contributed by atoms with Crippen molar-refractivity contribution in [2.24, 2.45) is 0 Å². The van der Waals surface area contributed by atoms with Gasteiger partial charge < -0.3 is 33.9 Å². The molecule has 3 atom stereocenters. The van der Waals surface area contributed by atoms with Crippen molar-refractivity contribution in [1.29, 1.82) is 0 Å². The summed E-state index contributed by atoms with van der Waals surface area (Å²) < 4.78 is 65.3. The zero-order chi connectivity index (χ0) is 33.2. The highest BCUT2D eigenvalue weighted by molar-refractivity contribution is 5.68. The lowest BCUT2D eigenvalue weighted by Crippen LogP contribution is -2.48. The van der Waals surface area contributed by atoms with Crippen LogP contribution < -0.4 is 10.1 Å². The number of piperidine rings is 1. The van der Waals surface area contributed by atoms with Crippen LogP contribution in [0.5, 0.6) is 5.75 Å². The summed E-state index contributed by atoms with van der Waals surface area (Å²) in [5.74, 6) is 0.645. The molecule has 4 rings (SSSR count). The molecular formula is C35H49F3N2O6. The van der Waals surface area contributed by atoms with Crippen LogP contribution in [0.2, 0.25) is 0 Å². The maximum atomic E-state index is 13.1. The number of halogens is 3. The number of alkyl halides is 3. The van der Waals surface area contributed by atoms with Gasteiger partial charge in [0.05, 0.1) is 32.0 Å². The summed E-state index contributed by atoms with van der Waals surface area (Å²) in [6.45, 7) is 7.04. The van der Waals surface area contributed by atoms with Gasteiger partial charge in [-0.3, -0.25) is 0 Å². The molecule has 2 heterocycles. The van der Waals surface area contributed by atoms with E-state index in [1.54, 1.807) is 12.0 Å². The maximum absolute atomic E-state index is 13.1. The second-order valence-electron chi connectivity index (χ2n) is 13.0. The van der Waals surface area contributed by atoms with E-state index in [4.69, 9.17) is 18.9 Å². The van der Waals surface area contributed by atoms with Crippen LogP contribution in [0.4, 0.5) is 23.7 Å². The molecule has 2 aromatic rings. The topological polar surface area (TPSA) is 78.5 Å². The lowest BCUT2D eigenvalue weighted by atomic mass is 9.86. The second-order valence-corrected chi connectivity index (χ2v) is 13.0. The number of methoxy groups -OCH3 is 1. The Morgan fingerprint density at radius 3 is 2.54 bits per heavy atom. The minimum absolute atomic E-state index is 0.0178. The van der Waals surface area contributed by atoms with E-state index in [-0.39, 0.29) is 37.4 Å². The Morgan fingerprint density at radius 2 is 1.83 bits per heavy atom. The molecule has 2 aromatic carbocycles. The third-order valence-electron chi connectivity index (χ3n) is 8.08. The molecule has 1 saturated heterocycles. The molecule has 0 radical (unpaired) electrons. The van der Waals surface area contributed by atoms with E-state index in [1.807, 2.05) is 45.0 Å². The van der Waals surface area contributed by atoms with E-state index < -0.39 is 18.4 Å². The lowest BCUT2D eigenvalue weighted by Gasteiger charge is -2.40. The van der Waals surface area contributed by atoms with Crippen molar-refractivity contribution in [2.45, 2.75) is 89.2 Å². The molecular weight excluding hydrogens is 601 g/mol.